The first-order valence-corrected chi connectivity index (χ1v) is 10.6. The van der Waals surface area contributed by atoms with E-state index in [0.29, 0.717) is 61.5 Å². The molecule has 4 rings (SSSR count). The van der Waals surface area contributed by atoms with Crippen molar-refractivity contribution in [1.29, 1.82) is 0 Å². The van der Waals surface area contributed by atoms with Crippen molar-refractivity contribution in [3.8, 4) is 5.75 Å². The molecular formula is C23H24ClFN2O3. The van der Waals surface area contributed by atoms with Crippen LogP contribution in [0.1, 0.15) is 41.6 Å². The number of carbonyl (C=O) groups is 2. The van der Waals surface area contributed by atoms with Gasteiger partial charge in [0, 0.05) is 17.5 Å². The molecule has 0 unspecified atom stereocenters. The average Bonchev–Trinajstić information content (AvgIpc) is 2.87. The molecule has 2 aliphatic rings. The van der Waals surface area contributed by atoms with E-state index in [1.165, 1.54) is 12.1 Å². The van der Waals surface area contributed by atoms with Crippen LogP contribution >= 0.6 is 11.6 Å². The molecule has 1 spiro atoms. The van der Waals surface area contributed by atoms with E-state index in [1.54, 1.807) is 30.3 Å². The standard InChI is InChI=1S/C23H24ClFN2O3/c24-17-3-6-20-19(13-17)22(29)27-14-23(30-20)10-7-16(8-11-23)21(28)26-12-9-15-1-4-18(25)5-2-15/h1-6,13,16H,7-12,14H2,(H,26,28)(H,27,29). The van der Waals surface area contributed by atoms with Crippen LogP contribution in [0.3, 0.4) is 0 Å². The molecule has 0 radical (unpaired) electrons. The highest BCUT2D eigenvalue weighted by Gasteiger charge is 2.41. The van der Waals surface area contributed by atoms with Gasteiger partial charge in [-0.1, -0.05) is 23.7 Å². The van der Waals surface area contributed by atoms with Crippen LogP contribution in [0.5, 0.6) is 5.75 Å². The molecule has 158 valence electrons. The summed E-state index contributed by atoms with van der Waals surface area (Å²) >= 11 is 6.02. The summed E-state index contributed by atoms with van der Waals surface area (Å²) in [7, 11) is 0. The van der Waals surface area contributed by atoms with Gasteiger partial charge in [-0.05, 0) is 68.0 Å². The maximum absolute atomic E-state index is 13.0. The maximum Gasteiger partial charge on any atom is 0.255 e. The molecule has 2 aromatic rings. The number of hydrogen-bond donors (Lipinski definition) is 2. The third-order valence-electron chi connectivity index (χ3n) is 5.98. The second kappa shape index (κ2) is 8.64. The van der Waals surface area contributed by atoms with Crippen molar-refractivity contribution >= 4 is 23.4 Å². The lowest BCUT2D eigenvalue weighted by molar-refractivity contribution is -0.127. The highest BCUT2D eigenvalue weighted by molar-refractivity contribution is 6.31. The minimum absolute atomic E-state index is 0.0387. The van der Waals surface area contributed by atoms with Crippen molar-refractivity contribution in [3.63, 3.8) is 0 Å². The predicted molar refractivity (Wildman–Crippen MR) is 112 cm³/mol. The SMILES string of the molecule is O=C1NCC2(CCC(C(=O)NCCc3ccc(F)cc3)CC2)Oc2ccc(Cl)cc21. The minimum Gasteiger partial charge on any atom is -0.485 e. The largest absolute Gasteiger partial charge is 0.485 e. The molecule has 0 bridgehead atoms. The number of rotatable bonds is 4. The molecular weight excluding hydrogens is 407 g/mol. The average molecular weight is 431 g/mol. The van der Waals surface area contributed by atoms with Gasteiger partial charge in [-0.25, -0.2) is 4.39 Å². The molecule has 30 heavy (non-hydrogen) atoms. The minimum atomic E-state index is -0.500. The second-order valence-corrected chi connectivity index (χ2v) is 8.49. The van der Waals surface area contributed by atoms with E-state index in [1.807, 2.05) is 0 Å². The Labute approximate surface area is 179 Å². The van der Waals surface area contributed by atoms with Crippen molar-refractivity contribution in [2.45, 2.75) is 37.7 Å². The molecule has 2 N–H and O–H groups in total. The number of halogens is 2. The third kappa shape index (κ3) is 4.59. The Bertz CT molecular complexity index is 940. The number of carbonyl (C=O) groups excluding carboxylic acids is 2. The topological polar surface area (TPSA) is 67.4 Å². The number of nitrogens with one attached hydrogen (secondary N) is 2. The summed E-state index contributed by atoms with van der Waals surface area (Å²) in [4.78, 5) is 24.9. The Morgan fingerprint density at radius 3 is 2.67 bits per heavy atom. The fourth-order valence-electron chi connectivity index (χ4n) is 4.18. The second-order valence-electron chi connectivity index (χ2n) is 8.05. The zero-order chi connectivity index (χ0) is 21.1. The van der Waals surface area contributed by atoms with E-state index in [-0.39, 0.29) is 23.5 Å². The number of ether oxygens (including phenoxy) is 1. The van der Waals surface area contributed by atoms with Gasteiger partial charge < -0.3 is 15.4 Å². The smallest absolute Gasteiger partial charge is 0.255 e. The molecule has 1 aliphatic heterocycles. The van der Waals surface area contributed by atoms with E-state index < -0.39 is 5.60 Å². The molecule has 1 fully saturated rings. The quantitative estimate of drug-likeness (QED) is 0.773. The first kappa shape index (κ1) is 20.7. The van der Waals surface area contributed by atoms with Crippen molar-refractivity contribution < 1.29 is 18.7 Å². The zero-order valence-electron chi connectivity index (χ0n) is 16.5. The Kier molecular flexibility index (Phi) is 5.95. The molecule has 2 aromatic carbocycles. The summed E-state index contributed by atoms with van der Waals surface area (Å²) in [5, 5.41) is 6.42. The van der Waals surface area contributed by atoms with Crippen LogP contribution in [0.2, 0.25) is 5.02 Å². The predicted octanol–water partition coefficient (Wildman–Crippen LogP) is 3.89. The highest BCUT2D eigenvalue weighted by Crippen LogP contribution is 2.38. The number of hydrogen-bond acceptors (Lipinski definition) is 3. The van der Waals surface area contributed by atoms with Crippen molar-refractivity contribution in [1.82, 2.24) is 10.6 Å². The molecule has 5 nitrogen and oxygen atoms in total. The van der Waals surface area contributed by atoms with Crippen LogP contribution < -0.4 is 15.4 Å². The lowest BCUT2D eigenvalue weighted by Crippen LogP contribution is -2.49. The van der Waals surface area contributed by atoms with Crippen LogP contribution in [-0.2, 0) is 11.2 Å². The first-order chi connectivity index (χ1) is 14.4. The third-order valence-corrected chi connectivity index (χ3v) is 6.21. The summed E-state index contributed by atoms with van der Waals surface area (Å²) in [5.74, 6) is 0.0519. The molecule has 0 saturated heterocycles. The molecule has 0 aromatic heterocycles. The zero-order valence-corrected chi connectivity index (χ0v) is 17.3. The number of amides is 2. The summed E-state index contributed by atoms with van der Waals surface area (Å²) in [6, 6.07) is 11.4. The Morgan fingerprint density at radius 2 is 1.93 bits per heavy atom. The van der Waals surface area contributed by atoms with Crippen LogP contribution in [0, 0.1) is 11.7 Å². The number of fused-ring (bicyclic) bond motifs is 1. The van der Waals surface area contributed by atoms with Gasteiger partial charge in [0.05, 0.1) is 12.1 Å². The molecule has 1 aliphatic carbocycles. The van der Waals surface area contributed by atoms with Crippen molar-refractivity contribution in [3.05, 3.63) is 64.4 Å². The van der Waals surface area contributed by atoms with Crippen LogP contribution in [0.15, 0.2) is 42.5 Å². The lowest BCUT2D eigenvalue weighted by atomic mass is 9.78. The van der Waals surface area contributed by atoms with Crippen LogP contribution in [0.4, 0.5) is 4.39 Å². The molecule has 1 heterocycles. The van der Waals surface area contributed by atoms with Gasteiger partial charge in [0.2, 0.25) is 5.91 Å². The monoisotopic (exact) mass is 430 g/mol. The van der Waals surface area contributed by atoms with Crippen molar-refractivity contribution in [2.24, 2.45) is 5.92 Å². The molecule has 1 saturated carbocycles. The fraction of sp³-hybridized carbons (Fsp3) is 0.391. The van der Waals surface area contributed by atoms with Crippen LogP contribution in [0.25, 0.3) is 0 Å². The summed E-state index contributed by atoms with van der Waals surface area (Å²) in [5.41, 5.74) is 0.931. The number of benzene rings is 2. The van der Waals surface area contributed by atoms with E-state index in [4.69, 9.17) is 16.3 Å². The van der Waals surface area contributed by atoms with E-state index in [2.05, 4.69) is 10.6 Å². The maximum atomic E-state index is 13.0. The van der Waals surface area contributed by atoms with Gasteiger partial charge in [0.25, 0.3) is 5.91 Å². The first-order valence-electron chi connectivity index (χ1n) is 10.2. The van der Waals surface area contributed by atoms with Crippen molar-refractivity contribution in [2.75, 3.05) is 13.1 Å². The molecule has 0 atom stereocenters. The highest BCUT2D eigenvalue weighted by atomic mass is 35.5. The van der Waals surface area contributed by atoms with Gasteiger partial charge in [-0.3, -0.25) is 9.59 Å². The molecule has 7 heteroatoms. The Balaban J connectivity index is 1.31. The van der Waals surface area contributed by atoms with Gasteiger partial charge in [0.1, 0.15) is 17.2 Å². The summed E-state index contributed by atoms with van der Waals surface area (Å²) < 4.78 is 19.3. The van der Waals surface area contributed by atoms with Gasteiger partial charge in [-0.2, -0.15) is 0 Å². The van der Waals surface area contributed by atoms with E-state index >= 15 is 0 Å². The van der Waals surface area contributed by atoms with Gasteiger partial charge in [-0.15, -0.1) is 0 Å². The lowest BCUT2D eigenvalue weighted by Gasteiger charge is -2.39. The van der Waals surface area contributed by atoms with Crippen LogP contribution in [-0.4, -0.2) is 30.5 Å². The van der Waals surface area contributed by atoms with Gasteiger partial charge in [0.15, 0.2) is 0 Å². The van der Waals surface area contributed by atoms with Gasteiger partial charge >= 0.3 is 0 Å². The normalized spacial score (nSPS) is 23.1. The summed E-state index contributed by atoms with van der Waals surface area (Å²) in [6.45, 7) is 0.934. The Morgan fingerprint density at radius 1 is 1.20 bits per heavy atom. The molecule has 2 amide bonds. The van der Waals surface area contributed by atoms with E-state index in [0.717, 1.165) is 5.56 Å². The van der Waals surface area contributed by atoms with E-state index in [9.17, 15) is 14.0 Å². The fourth-order valence-corrected chi connectivity index (χ4v) is 4.36. The summed E-state index contributed by atoms with van der Waals surface area (Å²) in [6.07, 6.45) is 3.43. The Hall–Kier alpha value is -2.60.